The zero-order chi connectivity index (χ0) is 32.6. The monoisotopic (exact) mass is 641 g/mol. The number of esters is 1. The minimum absolute atomic E-state index is 0.112. The molecule has 0 fully saturated rings. The van der Waals surface area contributed by atoms with Gasteiger partial charge in [-0.1, -0.05) is 50.3 Å². The Morgan fingerprint density at radius 3 is 2.42 bits per heavy atom. The molecule has 0 saturated heterocycles. The molecule has 4 rings (SSSR count). The summed E-state index contributed by atoms with van der Waals surface area (Å²) in [7, 11) is 1.64. The van der Waals surface area contributed by atoms with Crippen LogP contribution in [-0.4, -0.2) is 41.5 Å². The fraction of sp³-hybridized carbons (Fsp3) is 0.371. The fourth-order valence-corrected chi connectivity index (χ4v) is 5.55. The molecule has 45 heavy (non-hydrogen) atoms. The second-order valence-electron chi connectivity index (χ2n) is 11.1. The first-order chi connectivity index (χ1) is 21.5. The predicted octanol–water partition coefficient (Wildman–Crippen LogP) is 9.45. The number of alkyl halides is 3. The topological polar surface area (TPSA) is 63.6 Å². The van der Waals surface area contributed by atoms with Gasteiger partial charge in [-0.25, -0.2) is 0 Å². The van der Waals surface area contributed by atoms with Crippen LogP contribution in [-0.2, 0) is 15.7 Å². The highest BCUT2D eigenvalue weighted by Crippen LogP contribution is 2.36. The van der Waals surface area contributed by atoms with E-state index in [-0.39, 0.29) is 30.9 Å². The Labute approximate surface area is 267 Å². The average molecular weight is 642 g/mol. The molecule has 6 nitrogen and oxygen atoms in total. The van der Waals surface area contributed by atoms with Crippen LogP contribution in [0.15, 0.2) is 72.8 Å². The number of aromatic nitrogens is 1. The zero-order valence-corrected chi connectivity index (χ0v) is 26.5. The Morgan fingerprint density at radius 1 is 0.978 bits per heavy atom. The second kappa shape index (κ2) is 15.3. The number of carbonyl (C=O) groups excluding carboxylic acids is 2. The number of carbonyl (C=O) groups is 2. The predicted molar refractivity (Wildman–Crippen MR) is 173 cm³/mol. The Hall–Kier alpha value is -3.98. The summed E-state index contributed by atoms with van der Waals surface area (Å²) in [5.74, 6) is -0.574. The van der Waals surface area contributed by atoms with Crippen LogP contribution in [0.25, 0.3) is 16.6 Å². The van der Waals surface area contributed by atoms with Gasteiger partial charge in [0.1, 0.15) is 0 Å². The number of benzene rings is 3. The lowest BCUT2D eigenvalue weighted by Gasteiger charge is -2.24. The van der Waals surface area contributed by atoms with E-state index in [0.29, 0.717) is 22.9 Å². The highest BCUT2D eigenvalue weighted by Gasteiger charge is 2.31. The molecule has 3 aromatic carbocycles. The maximum Gasteiger partial charge on any atom is 0.416 e. The lowest BCUT2D eigenvalue weighted by atomic mass is 10.0. The van der Waals surface area contributed by atoms with Gasteiger partial charge in [-0.3, -0.25) is 9.59 Å². The van der Waals surface area contributed by atoms with Crippen molar-refractivity contribution in [2.45, 2.75) is 64.6 Å². The summed E-state index contributed by atoms with van der Waals surface area (Å²) >= 11 is 6.32. The highest BCUT2D eigenvalue weighted by molar-refractivity contribution is 6.31. The van der Waals surface area contributed by atoms with Crippen LogP contribution in [0.5, 0.6) is 0 Å². The van der Waals surface area contributed by atoms with Crippen molar-refractivity contribution in [2.75, 3.05) is 25.5 Å². The number of nitrogens with one attached hydrogen (secondary N) is 1. The smallest absolute Gasteiger partial charge is 0.416 e. The van der Waals surface area contributed by atoms with E-state index in [4.69, 9.17) is 16.3 Å². The molecule has 4 aromatic rings. The summed E-state index contributed by atoms with van der Waals surface area (Å²) in [4.78, 5) is 26.1. The second-order valence-corrected chi connectivity index (χ2v) is 11.5. The molecule has 1 unspecified atom stereocenters. The number of rotatable bonds is 14. The SMILES string of the molecule is CCCCCCC(Nc1ccc(C(=O)N(C)CCC(=O)OCC)cc1)c1cc2cc(Cl)ccc2n1-c1cccc(C(F)(F)F)c1. The fourth-order valence-electron chi connectivity index (χ4n) is 5.37. The van der Waals surface area contributed by atoms with Crippen molar-refractivity contribution in [3.63, 3.8) is 0 Å². The Kier molecular flexibility index (Phi) is 11.6. The number of ether oxygens (including phenoxy) is 1. The van der Waals surface area contributed by atoms with Crippen LogP contribution in [0, 0.1) is 0 Å². The third-order valence-corrected chi connectivity index (χ3v) is 7.94. The summed E-state index contributed by atoms with van der Waals surface area (Å²) in [6, 6.07) is 19.5. The van der Waals surface area contributed by atoms with E-state index in [0.717, 1.165) is 60.5 Å². The van der Waals surface area contributed by atoms with Crippen molar-refractivity contribution in [3.05, 3.63) is 94.6 Å². The number of nitrogens with zero attached hydrogens (tertiary/aromatic N) is 2. The molecule has 0 bridgehead atoms. The molecule has 0 radical (unpaired) electrons. The van der Waals surface area contributed by atoms with Gasteiger partial charge in [0, 0.05) is 46.6 Å². The normalized spacial score (nSPS) is 12.2. The Balaban J connectivity index is 1.67. The molecule has 0 aliphatic rings. The van der Waals surface area contributed by atoms with Crippen molar-refractivity contribution in [2.24, 2.45) is 0 Å². The van der Waals surface area contributed by atoms with Gasteiger partial charge in [-0.05, 0) is 80.1 Å². The van der Waals surface area contributed by atoms with Crippen molar-refractivity contribution in [3.8, 4) is 5.69 Å². The molecule has 0 aliphatic carbocycles. The van der Waals surface area contributed by atoms with E-state index in [1.165, 1.54) is 17.0 Å². The highest BCUT2D eigenvalue weighted by atomic mass is 35.5. The molecule has 0 aliphatic heterocycles. The van der Waals surface area contributed by atoms with Crippen LogP contribution in [0.2, 0.25) is 5.02 Å². The first-order valence-corrected chi connectivity index (χ1v) is 15.7. The van der Waals surface area contributed by atoms with Gasteiger partial charge in [0.15, 0.2) is 0 Å². The minimum Gasteiger partial charge on any atom is -0.466 e. The number of hydrogen-bond acceptors (Lipinski definition) is 4. The van der Waals surface area contributed by atoms with Gasteiger partial charge >= 0.3 is 12.1 Å². The van der Waals surface area contributed by atoms with Crippen LogP contribution < -0.4 is 5.32 Å². The largest absolute Gasteiger partial charge is 0.466 e. The summed E-state index contributed by atoms with van der Waals surface area (Å²) in [5.41, 5.74) is 2.48. The minimum atomic E-state index is -4.48. The molecule has 240 valence electrons. The van der Waals surface area contributed by atoms with E-state index < -0.39 is 11.7 Å². The molecule has 1 atom stereocenters. The number of hydrogen-bond donors (Lipinski definition) is 1. The van der Waals surface area contributed by atoms with Gasteiger partial charge in [-0.15, -0.1) is 0 Å². The maximum atomic E-state index is 13.7. The number of amides is 1. The van der Waals surface area contributed by atoms with Gasteiger partial charge in [0.25, 0.3) is 5.91 Å². The molecule has 0 saturated carbocycles. The van der Waals surface area contributed by atoms with Crippen LogP contribution in [0.1, 0.15) is 80.0 Å². The lowest BCUT2D eigenvalue weighted by molar-refractivity contribution is -0.143. The van der Waals surface area contributed by atoms with Gasteiger partial charge in [0.05, 0.1) is 30.1 Å². The molecule has 1 amide bonds. The van der Waals surface area contributed by atoms with E-state index in [9.17, 15) is 22.8 Å². The molecule has 0 spiro atoms. The summed E-state index contributed by atoms with van der Waals surface area (Å²) in [5, 5.41) is 4.95. The Bertz CT molecular complexity index is 1600. The van der Waals surface area contributed by atoms with Gasteiger partial charge in [-0.2, -0.15) is 13.2 Å². The summed E-state index contributed by atoms with van der Waals surface area (Å²) in [6.07, 6.45) is 0.464. The molecular formula is C35H39ClF3N3O3. The van der Waals surface area contributed by atoms with Crippen molar-refractivity contribution >= 4 is 40.1 Å². The number of fused-ring (bicyclic) bond motifs is 1. The molecule has 1 heterocycles. The van der Waals surface area contributed by atoms with E-state index in [2.05, 4.69) is 12.2 Å². The molecule has 10 heteroatoms. The zero-order valence-electron chi connectivity index (χ0n) is 25.8. The molecular weight excluding hydrogens is 603 g/mol. The van der Waals surface area contributed by atoms with Crippen molar-refractivity contribution < 1.29 is 27.5 Å². The number of anilines is 1. The summed E-state index contributed by atoms with van der Waals surface area (Å²) < 4.78 is 48.0. The first kappa shape index (κ1) is 33.9. The number of halogens is 4. The average Bonchev–Trinajstić information content (AvgIpc) is 3.39. The third kappa shape index (κ3) is 8.81. The standard InChI is InChI=1S/C35H39ClF3N3O3/c1-4-6-7-8-12-30(40-28-16-13-24(14-17-28)34(44)41(3)20-19-33(43)45-5-2)32-22-25-21-27(36)15-18-31(25)42(32)29-11-9-10-26(23-29)35(37,38)39/h9-11,13-18,21-23,30,40H,4-8,12,19-20H2,1-3H3. The number of unbranched alkanes of at least 4 members (excludes halogenated alkanes) is 3. The van der Waals surface area contributed by atoms with Crippen molar-refractivity contribution in [1.82, 2.24) is 9.47 Å². The van der Waals surface area contributed by atoms with Gasteiger partial charge < -0.3 is 19.5 Å². The van der Waals surface area contributed by atoms with Gasteiger partial charge in [0.2, 0.25) is 0 Å². The summed E-state index contributed by atoms with van der Waals surface area (Å²) in [6.45, 7) is 4.40. The van der Waals surface area contributed by atoms with E-state index in [1.54, 1.807) is 38.2 Å². The van der Waals surface area contributed by atoms with E-state index >= 15 is 0 Å². The maximum absolute atomic E-state index is 13.7. The Morgan fingerprint density at radius 2 is 1.73 bits per heavy atom. The molecule has 1 aromatic heterocycles. The van der Waals surface area contributed by atoms with Crippen molar-refractivity contribution in [1.29, 1.82) is 0 Å². The van der Waals surface area contributed by atoms with Crippen LogP contribution in [0.4, 0.5) is 18.9 Å². The lowest BCUT2D eigenvalue weighted by Crippen LogP contribution is -2.29. The first-order valence-electron chi connectivity index (χ1n) is 15.3. The van der Waals surface area contributed by atoms with E-state index in [1.807, 2.05) is 34.9 Å². The third-order valence-electron chi connectivity index (χ3n) is 7.70. The quantitative estimate of drug-likeness (QED) is 0.110. The van der Waals surface area contributed by atoms with Crippen LogP contribution >= 0.6 is 11.6 Å². The van der Waals surface area contributed by atoms with Crippen LogP contribution in [0.3, 0.4) is 0 Å². The molecule has 1 N–H and O–H groups in total.